The Morgan fingerprint density at radius 3 is 2.75 bits per heavy atom. The summed E-state index contributed by atoms with van der Waals surface area (Å²) in [4.78, 5) is 18.0. The number of rotatable bonds is 4. The molecule has 28 heavy (non-hydrogen) atoms. The molecule has 1 aliphatic heterocycles. The lowest BCUT2D eigenvalue weighted by atomic mass is 10.1. The lowest BCUT2D eigenvalue weighted by Gasteiger charge is -2.38. The number of ether oxygens (including phenoxy) is 1. The number of nitrogens with zero attached hydrogens (tertiary/aromatic N) is 4. The molecule has 0 radical (unpaired) electrons. The molecule has 3 aromatic rings. The topological polar surface area (TPSA) is 80.2 Å². The molecule has 0 saturated carbocycles. The van der Waals surface area contributed by atoms with E-state index < -0.39 is 0 Å². The molecule has 0 aliphatic carbocycles. The maximum atomic E-state index is 14.1. The second-order valence-corrected chi connectivity index (χ2v) is 7.33. The van der Waals surface area contributed by atoms with E-state index >= 15 is 0 Å². The van der Waals surface area contributed by atoms with Crippen LogP contribution in [0.2, 0.25) is 0 Å². The number of hydrogen-bond acceptors (Lipinski definition) is 5. The van der Waals surface area contributed by atoms with E-state index in [1.807, 2.05) is 6.07 Å². The van der Waals surface area contributed by atoms with E-state index in [-0.39, 0.29) is 18.0 Å². The fraction of sp³-hybridized carbons (Fsp3) is 0.158. The molecule has 0 unspecified atom stereocenters. The van der Waals surface area contributed by atoms with Crippen LogP contribution < -0.4 is 10.1 Å². The summed E-state index contributed by atoms with van der Waals surface area (Å²) in [5, 5.41) is 10.2. The highest BCUT2D eigenvalue weighted by Gasteiger charge is 2.32. The van der Waals surface area contributed by atoms with Gasteiger partial charge in [0.25, 0.3) is 0 Å². The van der Waals surface area contributed by atoms with Gasteiger partial charge in [-0.25, -0.2) is 14.2 Å². The van der Waals surface area contributed by atoms with Gasteiger partial charge in [-0.1, -0.05) is 6.07 Å². The Labute approximate surface area is 174 Å². The van der Waals surface area contributed by atoms with Gasteiger partial charge in [-0.15, -0.1) is 5.10 Å². The average Bonchev–Trinajstić information content (AvgIpc) is 2.66. The fourth-order valence-electron chi connectivity index (χ4n) is 2.78. The Morgan fingerprint density at radius 2 is 2.07 bits per heavy atom. The predicted octanol–water partition coefficient (Wildman–Crippen LogP) is 3.58. The zero-order valence-corrected chi connectivity index (χ0v) is 16.7. The number of hydrogen-bond donors (Lipinski definition) is 1. The number of pyridine rings is 1. The normalized spacial score (nSPS) is 13.7. The number of likely N-dealkylation sites (tertiary alicyclic amines) is 1. The van der Waals surface area contributed by atoms with Gasteiger partial charge >= 0.3 is 6.03 Å². The van der Waals surface area contributed by atoms with Crippen molar-refractivity contribution in [1.29, 1.82) is 0 Å². The van der Waals surface area contributed by atoms with Gasteiger partial charge in [-0.2, -0.15) is 5.10 Å². The number of amides is 2. The minimum absolute atomic E-state index is 0.139. The maximum Gasteiger partial charge on any atom is 0.323 e. The standard InChI is InChI=1S/C19H15FIN5O2/c20-14-3-1-4-15(21)18(14)12-6-7-17(22-9-12)28-13-10-26(11-13)19(27)24-16-5-2-8-23-25-16/h1-9,13H,10-11H2,(H,24,25,27). The fourth-order valence-corrected chi connectivity index (χ4v) is 3.55. The third-order valence-electron chi connectivity index (χ3n) is 4.22. The summed E-state index contributed by atoms with van der Waals surface area (Å²) in [6, 6.07) is 11.5. The third-order valence-corrected chi connectivity index (χ3v) is 5.12. The molecule has 1 aliphatic rings. The van der Waals surface area contributed by atoms with Crippen LogP contribution in [0.4, 0.5) is 15.0 Å². The summed E-state index contributed by atoms with van der Waals surface area (Å²) in [6.45, 7) is 0.890. The Kier molecular flexibility index (Phi) is 5.33. The molecule has 4 rings (SSSR count). The first-order chi connectivity index (χ1) is 13.6. The monoisotopic (exact) mass is 491 g/mol. The van der Waals surface area contributed by atoms with E-state index in [0.717, 1.165) is 3.57 Å². The van der Waals surface area contributed by atoms with Crippen molar-refractivity contribution in [3.05, 3.63) is 64.2 Å². The second kappa shape index (κ2) is 8.05. The summed E-state index contributed by atoms with van der Waals surface area (Å²) in [7, 11) is 0. The Bertz CT molecular complexity index is 961. The van der Waals surface area contributed by atoms with Crippen LogP contribution in [0.5, 0.6) is 5.88 Å². The summed E-state index contributed by atoms with van der Waals surface area (Å²) in [5.41, 5.74) is 1.21. The number of carbonyl (C=O) groups is 1. The van der Waals surface area contributed by atoms with Crippen LogP contribution >= 0.6 is 22.6 Å². The van der Waals surface area contributed by atoms with Crippen LogP contribution in [0.1, 0.15) is 0 Å². The van der Waals surface area contributed by atoms with Crippen LogP contribution in [-0.4, -0.2) is 45.3 Å². The number of carbonyl (C=O) groups excluding carboxylic acids is 1. The Hall–Kier alpha value is -2.82. The number of nitrogens with one attached hydrogen (secondary N) is 1. The zero-order chi connectivity index (χ0) is 19.5. The molecule has 2 aromatic heterocycles. The van der Waals surface area contributed by atoms with Crippen molar-refractivity contribution >= 4 is 34.4 Å². The smallest absolute Gasteiger partial charge is 0.323 e. The van der Waals surface area contributed by atoms with E-state index in [1.54, 1.807) is 41.4 Å². The van der Waals surface area contributed by atoms with Gasteiger partial charge in [0.1, 0.15) is 11.9 Å². The molecular weight excluding hydrogens is 476 g/mol. The highest BCUT2D eigenvalue weighted by Crippen LogP contribution is 2.28. The average molecular weight is 491 g/mol. The van der Waals surface area contributed by atoms with Crippen LogP contribution in [0.15, 0.2) is 54.9 Å². The first kappa shape index (κ1) is 18.5. The molecule has 142 valence electrons. The molecule has 1 N–H and O–H groups in total. The minimum atomic E-state index is -0.286. The van der Waals surface area contributed by atoms with E-state index in [1.165, 1.54) is 12.3 Å². The molecule has 1 saturated heterocycles. The lowest BCUT2D eigenvalue weighted by Crippen LogP contribution is -2.57. The summed E-state index contributed by atoms with van der Waals surface area (Å²) < 4.78 is 20.7. The molecule has 3 heterocycles. The summed E-state index contributed by atoms with van der Waals surface area (Å²) in [5.74, 6) is 0.553. The summed E-state index contributed by atoms with van der Waals surface area (Å²) in [6.07, 6.45) is 2.99. The van der Waals surface area contributed by atoms with Crippen molar-refractivity contribution in [2.45, 2.75) is 6.10 Å². The number of aromatic nitrogens is 3. The molecule has 7 nitrogen and oxygen atoms in total. The van der Waals surface area contributed by atoms with E-state index in [9.17, 15) is 9.18 Å². The van der Waals surface area contributed by atoms with Crippen molar-refractivity contribution in [3.63, 3.8) is 0 Å². The largest absolute Gasteiger partial charge is 0.471 e. The number of benzene rings is 1. The molecule has 1 fully saturated rings. The second-order valence-electron chi connectivity index (χ2n) is 6.17. The van der Waals surface area contributed by atoms with Gasteiger partial charge in [-0.05, 0) is 52.9 Å². The van der Waals surface area contributed by atoms with Gasteiger partial charge in [0.05, 0.1) is 13.1 Å². The Morgan fingerprint density at radius 1 is 1.21 bits per heavy atom. The zero-order valence-electron chi connectivity index (χ0n) is 14.5. The van der Waals surface area contributed by atoms with Crippen LogP contribution in [0.3, 0.4) is 0 Å². The number of halogens is 2. The van der Waals surface area contributed by atoms with E-state index in [2.05, 4.69) is 43.1 Å². The molecule has 1 aromatic carbocycles. The van der Waals surface area contributed by atoms with Crippen molar-refractivity contribution in [3.8, 4) is 17.0 Å². The van der Waals surface area contributed by atoms with Crippen LogP contribution in [-0.2, 0) is 0 Å². The third kappa shape index (κ3) is 4.03. The molecule has 9 heteroatoms. The van der Waals surface area contributed by atoms with Crippen molar-refractivity contribution in [2.75, 3.05) is 18.4 Å². The molecule has 0 atom stereocenters. The van der Waals surface area contributed by atoms with Gasteiger partial charge in [0.2, 0.25) is 5.88 Å². The quantitative estimate of drug-likeness (QED) is 0.565. The lowest BCUT2D eigenvalue weighted by molar-refractivity contribution is 0.0461. The molecule has 0 bridgehead atoms. The van der Waals surface area contributed by atoms with Crippen LogP contribution in [0, 0.1) is 9.39 Å². The van der Waals surface area contributed by atoms with Crippen LogP contribution in [0.25, 0.3) is 11.1 Å². The van der Waals surface area contributed by atoms with Gasteiger partial charge in [0.15, 0.2) is 5.82 Å². The first-order valence-corrected chi connectivity index (χ1v) is 9.59. The van der Waals surface area contributed by atoms with Crippen molar-refractivity contribution in [2.24, 2.45) is 0 Å². The van der Waals surface area contributed by atoms with Gasteiger partial charge in [0, 0.05) is 33.2 Å². The van der Waals surface area contributed by atoms with Crippen molar-refractivity contribution in [1.82, 2.24) is 20.1 Å². The molecule has 2 amide bonds. The minimum Gasteiger partial charge on any atom is -0.471 e. The SMILES string of the molecule is O=C(Nc1cccnn1)N1CC(Oc2ccc(-c3c(F)cccc3I)cn2)C1. The predicted molar refractivity (Wildman–Crippen MR) is 109 cm³/mol. The van der Waals surface area contributed by atoms with Gasteiger partial charge < -0.3 is 9.64 Å². The summed E-state index contributed by atoms with van der Waals surface area (Å²) >= 11 is 2.10. The number of anilines is 1. The van der Waals surface area contributed by atoms with Gasteiger partial charge in [-0.3, -0.25) is 5.32 Å². The molecular formula is C19H15FIN5O2. The first-order valence-electron chi connectivity index (χ1n) is 8.51. The van der Waals surface area contributed by atoms with E-state index in [0.29, 0.717) is 35.9 Å². The van der Waals surface area contributed by atoms with Crippen molar-refractivity contribution < 1.29 is 13.9 Å². The maximum absolute atomic E-state index is 14.1. The highest BCUT2D eigenvalue weighted by molar-refractivity contribution is 14.1. The van der Waals surface area contributed by atoms with E-state index in [4.69, 9.17) is 4.74 Å². The highest BCUT2D eigenvalue weighted by atomic mass is 127. The number of urea groups is 1. The molecule has 0 spiro atoms. The Balaban J connectivity index is 1.32.